The van der Waals surface area contributed by atoms with E-state index in [1.807, 2.05) is 35.8 Å². The van der Waals surface area contributed by atoms with Gasteiger partial charge in [0.25, 0.3) is 0 Å². The lowest BCUT2D eigenvalue weighted by Crippen LogP contribution is -2.48. The quantitative estimate of drug-likeness (QED) is 0.406. The van der Waals surface area contributed by atoms with Gasteiger partial charge in [0, 0.05) is 24.5 Å². The van der Waals surface area contributed by atoms with Crippen molar-refractivity contribution in [2.24, 2.45) is 0 Å². The molecule has 2 atom stereocenters. The van der Waals surface area contributed by atoms with E-state index in [0.717, 1.165) is 12.2 Å². The zero-order chi connectivity index (χ0) is 25.4. The van der Waals surface area contributed by atoms with Gasteiger partial charge in [-0.15, -0.1) is 17.9 Å². The third-order valence-corrected chi connectivity index (χ3v) is 7.20. The lowest BCUT2D eigenvalue weighted by atomic mass is 10.00. The topological polar surface area (TPSA) is 62.2 Å². The average molecular weight is 501 g/mol. The molecule has 35 heavy (non-hydrogen) atoms. The molecule has 1 amide bonds. The highest BCUT2D eigenvalue weighted by Gasteiger charge is 2.33. The third kappa shape index (κ3) is 7.90. The summed E-state index contributed by atoms with van der Waals surface area (Å²) in [6.45, 7) is 14.4. The van der Waals surface area contributed by atoms with E-state index in [9.17, 15) is 9.90 Å². The number of aliphatic hydroxyl groups excluding tert-OH is 1. The largest absolute Gasteiger partial charge is 0.491 e. The molecule has 6 nitrogen and oxygen atoms in total. The molecule has 1 aliphatic heterocycles. The molecule has 1 aromatic heterocycles. The Morgan fingerprint density at radius 3 is 2.66 bits per heavy atom. The monoisotopic (exact) mass is 500 g/mol. The van der Waals surface area contributed by atoms with Crippen LogP contribution in [0.15, 0.2) is 48.4 Å². The molecule has 1 N–H and O–H groups in total. The van der Waals surface area contributed by atoms with Gasteiger partial charge in [-0.3, -0.25) is 9.69 Å². The number of benzene rings is 1. The van der Waals surface area contributed by atoms with Crippen molar-refractivity contribution >= 4 is 17.2 Å². The highest BCUT2D eigenvalue weighted by atomic mass is 32.1. The molecular formula is C28H40N2O4S. The average Bonchev–Trinajstić information content (AvgIpc) is 3.30. The predicted molar refractivity (Wildman–Crippen MR) is 142 cm³/mol. The summed E-state index contributed by atoms with van der Waals surface area (Å²) >= 11 is 1.74. The highest BCUT2D eigenvalue weighted by Crippen LogP contribution is 2.34. The summed E-state index contributed by atoms with van der Waals surface area (Å²) in [6, 6.07) is 10.2. The minimum absolute atomic E-state index is 0.0319. The Kier molecular flexibility index (Phi) is 10.3. The number of hydrogen-bond acceptors (Lipinski definition) is 6. The lowest BCUT2D eigenvalue weighted by molar-refractivity contribution is -0.136. The second-order valence-corrected chi connectivity index (χ2v) is 10.7. The van der Waals surface area contributed by atoms with Gasteiger partial charge in [-0.2, -0.15) is 0 Å². The summed E-state index contributed by atoms with van der Waals surface area (Å²) in [6.07, 6.45) is 2.00. The first kappa shape index (κ1) is 27.4. The molecule has 7 heteroatoms. The van der Waals surface area contributed by atoms with Gasteiger partial charge in [0.2, 0.25) is 5.91 Å². The van der Waals surface area contributed by atoms with Crippen molar-refractivity contribution in [1.82, 2.24) is 9.80 Å². The minimum Gasteiger partial charge on any atom is -0.491 e. The summed E-state index contributed by atoms with van der Waals surface area (Å²) in [5.41, 5.74) is 2.45. The maximum Gasteiger partial charge on any atom is 0.237 e. The standard InChI is InChI=1S/C28H40N2O4S/c1-6-13-29(16-23(31)18-33-21(4)5)17-28(32)30-14-11-27-25(12-15-35-27)26(30)19-34-24-9-7-22(8-10-24)20(2)3/h6-10,12,15,20-21,23,26,31H,1,11,13-14,16-19H2,2-5H3/t23-,26-/m0/s1. The number of rotatable bonds is 13. The number of hydrogen-bond donors (Lipinski definition) is 1. The smallest absolute Gasteiger partial charge is 0.237 e. The van der Waals surface area contributed by atoms with E-state index in [0.29, 0.717) is 32.2 Å². The Balaban J connectivity index is 1.68. The minimum atomic E-state index is -0.664. The van der Waals surface area contributed by atoms with Crippen molar-refractivity contribution in [2.75, 3.05) is 39.4 Å². The van der Waals surface area contributed by atoms with Gasteiger partial charge in [0.1, 0.15) is 12.4 Å². The normalized spacial score (nSPS) is 16.6. The second-order valence-electron chi connectivity index (χ2n) is 9.71. The summed E-state index contributed by atoms with van der Waals surface area (Å²) in [7, 11) is 0. The Bertz CT molecular complexity index is 941. The summed E-state index contributed by atoms with van der Waals surface area (Å²) in [4.78, 5) is 18.7. The van der Waals surface area contributed by atoms with Gasteiger partial charge in [-0.05, 0) is 60.9 Å². The van der Waals surface area contributed by atoms with E-state index < -0.39 is 6.10 Å². The van der Waals surface area contributed by atoms with E-state index in [1.54, 1.807) is 17.4 Å². The Morgan fingerprint density at radius 2 is 2.00 bits per heavy atom. The molecule has 2 aromatic rings. The molecule has 0 saturated heterocycles. The van der Waals surface area contributed by atoms with Crippen LogP contribution in [-0.2, 0) is 16.0 Å². The van der Waals surface area contributed by atoms with Crippen LogP contribution in [0.4, 0.5) is 0 Å². The van der Waals surface area contributed by atoms with Crippen LogP contribution < -0.4 is 4.74 Å². The summed E-state index contributed by atoms with van der Waals surface area (Å²) in [5, 5.41) is 12.5. The predicted octanol–water partition coefficient (Wildman–Crippen LogP) is 4.65. The third-order valence-electron chi connectivity index (χ3n) is 6.21. The molecule has 0 aliphatic carbocycles. The fourth-order valence-electron chi connectivity index (χ4n) is 4.32. The van der Waals surface area contributed by atoms with E-state index in [1.165, 1.54) is 16.0 Å². The molecule has 1 aromatic carbocycles. The summed E-state index contributed by atoms with van der Waals surface area (Å²) < 4.78 is 11.7. The van der Waals surface area contributed by atoms with Crippen LogP contribution in [0.5, 0.6) is 5.75 Å². The Hall–Kier alpha value is -2.19. The number of thiophene rings is 1. The molecule has 0 radical (unpaired) electrons. The van der Waals surface area contributed by atoms with Gasteiger partial charge in [0.05, 0.1) is 31.4 Å². The van der Waals surface area contributed by atoms with Crippen LogP contribution in [-0.4, -0.2) is 72.4 Å². The fourth-order valence-corrected chi connectivity index (χ4v) is 5.25. The van der Waals surface area contributed by atoms with Crippen LogP contribution in [0.2, 0.25) is 0 Å². The number of carbonyl (C=O) groups is 1. The Morgan fingerprint density at radius 1 is 1.26 bits per heavy atom. The molecule has 192 valence electrons. The summed E-state index contributed by atoms with van der Waals surface area (Å²) in [5.74, 6) is 1.31. The number of aliphatic hydroxyl groups is 1. The second kappa shape index (κ2) is 13.2. The van der Waals surface area contributed by atoms with Gasteiger partial charge >= 0.3 is 0 Å². The maximum atomic E-state index is 13.5. The van der Waals surface area contributed by atoms with E-state index in [2.05, 4.69) is 44.0 Å². The lowest BCUT2D eigenvalue weighted by Gasteiger charge is -2.37. The zero-order valence-corrected chi connectivity index (χ0v) is 22.3. The number of fused-ring (bicyclic) bond motifs is 1. The number of amides is 1. The molecule has 3 rings (SSSR count). The van der Waals surface area contributed by atoms with E-state index in [-0.39, 0.29) is 31.2 Å². The van der Waals surface area contributed by atoms with Crippen molar-refractivity contribution in [3.05, 3.63) is 64.4 Å². The molecule has 0 spiro atoms. The molecule has 0 unspecified atom stereocenters. The first-order valence-corrected chi connectivity index (χ1v) is 13.4. The van der Waals surface area contributed by atoms with Gasteiger partial charge in [0.15, 0.2) is 0 Å². The molecule has 0 saturated carbocycles. The molecular weight excluding hydrogens is 460 g/mol. The zero-order valence-electron chi connectivity index (χ0n) is 21.5. The van der Waals surface area contributed by atoms with Crippen molar-refractivity contribution in [1.29, 1.82) is 0 Å². The first-order chi connectivity index (χ1) is 16.8. The van der Waals surface area contributed by atoms with Crippen molar-refractivity contribution in [3.63, 3.8) is 0 Å². The first-order valence-electron chi connectivity index (χ1n) is 12.5. The highest BCUT2D eigenvalue weighted by molar-refractivity contribution is 7.10. The molecule has 0 fully saturated rings. The number of carbonyl (C=O) groups excluding carboxylic acids is 1. The molecule has 0 bridgehead atoms. The van der Waals surface area contributed by atoms with Crippen molar-refractivity contribution in [3.8, 4) is 5.75 Å². The Labute approximate surface area is 214 Å². The van der Waals surface area contributed by atoms with Crippen LogP contribution in [0.3, 0.4) is 0 Å². The van der Waals surface area contributed by atoms with Gasteiger partial charge in [-0.25, -0.2) is 0 Å². The van der Waals surface area contributed by atoms with Crippen molar-refractivity contribution in [2.45, 2.75) is 58.3 Å². The van der Waals surface area contributed by atoms with Crippen LogP contribution >= 0.6 is 11.3 Å². The number of nitrogens with zero attached hydrogens (tertiary/aromatic N) is 2. The van der Waals surface area contributed by atoms with Gasteiger partial charge in [-0.1, -0.05) is 32.1 Å². The fraction of sp³-hybridized carbons (Fsp3) is 0.536. The van der Waals surface area contributed by atoms with Gasteiger partial charge < -0.3 is 19.5 Å². The van der Waals surface area contributed by atoms with Crippen LogP contribution in [0.25, 0.3) is 0 Å². The maximum absolute atomic E-state index is 13.5. The van der Waals surface area contributed by atoms with Crippen LogP contribution in [0.1, 0.15) is 55.7 Å². The molecule has 1 aliphatic rings. The van der Waals surface area contributed by atoms with Crippen LogP contribution in [0, 0.1) is 0 Å². The van der Waals surface area contributed by atoms with Crippen molar-refractivity contribution < 1.29 is 19.4 Å². The SMILES string of the molecule is C=CCN(CC(=O)N1CCc2sccc2[C@@H]1COc1ccc(C(C)C)cc1)C[C@H](O)COC(C)C. The van der Waals surface area contributed by atoms with E-state index >= 15 is 0 Å². The number of ether oxygens (including phenoxy) is 2. The van der Waals surface area contributed by atoms with E-state index in [4.69, 9.17) is 9.47 Å². The molecule has 2 heterocycles.